The molecule has 92 valence electrons. The van der Waals surface area contributed by atoms with Crippen molar-refractivity contribution in [3.63, 3.8) is 0 Å². The zero-order valence-electron chi connectivity index (χ0n) is 9.58. The molecule has 0 radical (unpaired) electrons. The van der Waals surface area contributed by atoms with E-state index in [0.29, 0.717) is 16.8 Å². The summed E-state index contributed by atoms with van der Waals surface area (Å²) in [6.45, 7) is 0.740. The van der Waals surface area contributed by atoms with Crippen molar-refractivity contribution in [2.24, 2.45) is 5.92 Å². The molecule has 0 atom stereocenters. The van der Waals surface area contributed by atoms with Crippen LogP contribution in [0.3, 0.4) is 0 Å². The van der Waals surface area contributed by atoms with Gasteiger partial charge in [0.25, 0.3) is 0 Å². The Labute approximate surface area is 106 Å². The highest BCUT2D eigenvalue weighted by Gasteiger charge is 2.15. The Morgan fingerprint density at radius 2 is 2.24 bits per heavy atom. The van der Waals surface area contributed by atoms with Crippen molar-refractivity contribution in [2.45, 2.75) is 25.7 Å². The minimum atomic E-state index is -0.216. The number of pyridine rings is 1. The average Bonchev–Trinajstić information content (AvgIpc) is 2.82. The number of hydrogen-bond donors (Lipinski definition) is 2. The van der Waals surface area contributed by atoms with Crippen LogP contribution >= 0.6 is 11.6 Å². The van der Waals surface area contributed by atoms with Gasteiger partial charge in [-0.05, 0) is 30.9 Å². The van der Waals surface area contributed by atoms with Gasteiger partial charge in [0.1, 0.15) is 0 Å². The highest BCUT2D eigenvalue weighted by Crippen LogP contribution is 2.23. The van der Waals surface area contributed by atoms with Crippen molar-refractivity contribution in [1.82, 2.24) is 10.3 Å². The summed E-state index contributed by atoms with van der Waals surface area (Å²) in [5.41, 5.74) is 0.540. The minimum absolute atomic E-state index is 0.216. The van der Waals surface area contributed by atoms with Gasteiger partial charge < -0.3 is 10.6 Å². The third kappa shape index (κ3) is 3.60. The topological polar surface area (TPSA) is 54.0 Å². The molecule has 0 aliphatic heterocycles. The zero-order chi connectivity index (χ0) is 12.1. The standard InChI is InChI=1S/C12H16ClN3O/c13-11-10(6-3-7-14-11)16-12(17)15-8-9-4-1-2-5-9/h3,6-7,9H,1-2,4-5,8H2,(H2,15,16,17). The van der Waals surface area contributed by atoms with Crippen molar-refractivity contribution in [1.29, 1.82) is 0 Å². The van der Waals surface area contributed by atoms with E-state index < -0.39 is 0 Å². The summed E-state index contributed by atoms with van der Waals surface area (Å²) in [5.74, 6) is 0.630. The Morgan fingerprint density at radius 1 is 1.47 bits per heavy atom. The molecule has 0 aromatic carbocycles. The molecule has 2 amide bonds. The van der Waals surface area contributed by atoms with Crippen molar-refractivity contribution in [2.75, 3.05) is 11.9 Å². The maximum absolute atomic E-state index is 11.6. The lowest BCUT2D eigenvalue weighted by Gasteiger charge is -2.11. The lowest BCUT2D eigenvalue weighted by molar-refractivity contribution is 0.250. The summed E-state index contributed by atoms with van der Waals surface area (Å²) in [6, 6.07) is 3.25. The molecular formula is C12H16ClN3O. The number of nitrogens with one attached hydrogen (secondary N) is 2. The van der Waals surface area contributed by atoms with Crippen LogP contribution in [0.2, 0.25) is 5.15 Å². The summed E-state index contributed by atoms with van der Waals surface area (Å²) in [4.78, 5) is 15.5. The number of amides is 2. The van der Waals surface area contributed by atoms with E-state index in [0.717, 1.165) is 6.54 Å². The van der Waals surface area contributed by atoms with Gasteiger partial charge in [0.2, 0.25) is 0 Å². The Morgan fingerprint density at radius 3 is 2.94 bits per heavy atom. The number of nitrogens with zero attached hydrogens (tertiary/aromatic N) is 1. The Bertz CT molecular complexity index is 391. The second-order valence-corrected chi connectivity index (χ2v) is 4.69. The van der Waals surface area contributed by atoms with Gasteiger partial charge in [-0.2, -0.15) is 0 Å². The van der Waals surface area contributed by atoms with Crippen molar-refractivity contribution < 1.29 is 4.79 Å². The van der Waals surface area contributed by atoms with E-state index in [9.17, 15) is 4.79 Å². The largest absolute Gasteiger partial charge is 0.338 e. The van der Waals surface area contributed by atoms with E-state index in [4.69, 9.17) is 11.6 Å². The second-order valence-electron chi connectivity index (χ2n) is 4.33. The highest BCUT2D eigenvalue weighted by molar-refractivity contribution is 6.32. The molecule has 1 aromatic heterocycles. The minimum Gasteiger partial charge on any atom is -0.338 e. The average molecular weight is 254 g/mol. The summed E-state index contributed by atoms with van der Waals surface area (Å²) in [5, 5.41) is 5.86. The van der Waals surface area contributed by atoms with Crippen LogP contribution in [0.5, 0.6) is 0 Å². The Balaban J connectivity index is 1.79. The Hall–Kier alpha value is -1.29. The van der Waals surface area contributed by atoms with Crippen LogP contribution in [0, 0.1) is 5.92 Å². The van der Waals surface area contributed by atoms with Gasteiger partial charge in [-0.25, -0.2) is 9.78 Å². The summed E-state index contributed by atoms with van der Waals surface area (Å²) in [7, 11) is 0. The molecule has 4 nitrogen and oxygen atoms in total. The molecule has 5 heteroatoms. The molecule has 0 bridgehead atoms. The fourth-order valence-electron chi connectivity index (χ4n) is 2.10. The molecule has 2 N–H and O–H groups in total. The predicted molar refractivity (Wildman–Crippen MR) is 68.2 cm³/mol. The predicted octanol–water partition coefficient (Wildman–Crippen LogP) is 3.05. The van der Waals surface area contributed by atoms with Crippen LogP contribution in [0.25, 0.3) is 0 Å². The highest BCUT2D eigenvalue weighted by atomic mass is 35.5. The van der Waals surface area contributed by atoms with Gasteiger partial charge >= 0.3 is 6.03 Å². The van der Waals surface area contributed by atoms with Crippen molar-refractivity contribution >= 4 is 23.3 Å². The van der Waals surface area contributed by atoms with Gasteiger partial charge in [0.05, 0.1) is 5.69 Å². The van der Waals surface area contributed by atoms with Gasteiger partial charge in [-0.1, -0.05) is 24.4 Å². The van der Waals surface area contributed by atoms with Gasteiger partial charge in [0, 0.05) is 12.7 Å². The number of carbonyl (C=O) groups excluding carboxylic acids is 1. The fourth-order valence-corrected chi connectivity index (χ4v) is 2.26. The first-order valence-corrected chi connectivity index (χ1v) is 6.29. The molecule has 1 aromatic rings. The molecule has 2 rings (SSSR count). The quantitative estimate of drug-likeness (QED) is 0.814. The zero-order valence-corrected chi connectivity index (χ0v) is 10.3. The number of urea groups is 1. The first-order valence-electron chi connectivity index (χ1n) is 5.91. The van der Waals surface area contributed by atoms with Gasteiger partial charge in [-0.3, -0.25) is 0 Å². The van der Waals surface area contributed by atoms with Gasteiger partial charge in [-0.15, -0.1) is 0 Å². The van der Waals surface area contributed by atoms with E-state index in [1.54, 1.807) is 18.3 Å². The number of anilines is 1. The van der Waals surface area contributed by atoms with E-state index >= 15 is 0 Å². The molecule has 0 unspecified atom stereocenters. The molecule has 1 heterocycles. The van der Waals surface area contributed by atoms with Crippen LogP contribution in [0.1, 0.15) is 25.7 Å². The molecule has 0 spiro atoms. The maximum atomic E-state index is 11.6. The summed E-state index contributed by atoms with van der Waals surface area (Å²) < 4.78 is 0. The number of halogens is 1. The lowest BCUT2D eigenvalue weighted by Crippen LogP contribution is -2.32. The third-order valence-corrected chi connectivity index (χ3v) is 3.33. The number of carbonyl (C=O) groups is 1. The molecular weight excluding hydrogens is 238 g/mol. The van der Waals surface area contributed by atoms with E-state index in [1.165, 1.54) is 25.7 Å². The molecule has 1 aliphatic carbocycles. The van der Waals surface area contributed by atoms with Crippen LogP contribution in [-0.2, 0) is 0 Å². The van der Waals surface area contributed by atoms with Gasteiger partial charge in [0.15, 0.2) is 5.15 Å². The first kappa shape index (κ1) is 12.2. The van der Waals surface area contributed by atoms with E-state index in [1.807, 2.05) is 0 Å². The summed E-state index contributed by atoms with van der Waals surface area (Å²) >= 11 is 5.84. The van der Waals surface area contributed by atoms with Crippen LogP contribution in [-0.4, -0.2) is 17.6 Å². The van der Waals surface area contributed by atoms with Crippen molar-refractivity contribution in [3.8, 4) is 0 Å². The number of hydrogen-bond acceptors (Lipinski definition) is 2. The molecule has 1 fully saturated rings. The first-order chi connectivity index (χ1) is 8.25. The third-order valence-electron chi connectivity index (χ3n) is 3.03. The monoisotopic (exact) mass is 253 g/mol. The SMILES string of the molecule is O=C(NCC1CCCC1)Nc1cccnc1Cl. The smallest absolute Gasteiger partial charge is 0.319 e. The second kappa shape index (κ2) is 5.87. The fraction of sp³-hybridized carbons (Fsp3) is 0.500. The van der Waals surface area contributed by atoms with E-state index in [-0.39, 0.29) is 6.03 Å². The van der Waals surface area contributed by atoms with Crippen LogP contribution in [0.15, 0.2) is 18.3 Å². The normalized spacial score (nSPS) is 15.8. The van der Waals surface area contributed by atoms with E-state index in [2.05, 4.69) is 15.6 Å². The van der Waals surface area contributed by atoms with Crippen molar-refractivity contribution in [3.05, 3.63) is 23.5 Å². The molecule has 1 saturated carbocycles. The molecule has 17 heavy (non-hydrogen) atoms. The number of rotatable bonds is 3. The summed E-state index contributed by atoms with van der Waals surface area (Å²) in [6.07, 6.45) is 6.58. The Kier molecular flexibility index (Phi) is 4.20. The maximum Gasteiger partial charge on any atom is 0.319 e. The lowest BCUT2D eigenvalue weighted by atomic mass is 10.1. The van der Waals surface area contributed by atoms with Crippen LogP contribution in [0.4, 0.5) is 10.5 Å². The molecule has 0 saturated heterocycles. The van der Waals surface area contributed by atoms with Crippen LogP contribution < -0.4 is 10.6 Å². The number of aromatic nitrogens is 1. The molecule has 1 aliphatic rings.